The Balaban J connectivity index is 1.22. The molecule has 0 saturated carbocycles. The largest absolute Gasteiger partial charge is 0.311 e. The summed E-state index contributed by atoms with van der Waals surface area (Å²) < 4.78 is 0. The molecule has 212 valence electrons. The molecular weight excluding hydrogens is 534 g/mol. The van der Waals surface area contributed by atoms with Crippen LogP contribution >= 0.6 is 0 Å². The van der Waals surface area contributed by atoms with Gasteiger partial charge in [-0.3, -0.25) is 0 Å². The summed E-state index contributed by atoms with van der Waals surface area (Å²) in [4.78, 5) is 2.27. The molecule has 6 rings (SSSR count). The number of benzene rings is 6. The van der Waals surface area contributed by atoms with Crippen LogP contribution in [0.3, 0.4) is 0 Å². The highest BCUT2D eigenvalue weighted by Crippen LogP contribution is 2.34. The van der Waals surface area contributed by atoms with Gasteiger partial charge in [-0.1, -0.05) is 133 Å². The van der Waals surface area contributed by atoms with Crippen LogP contribution in [0.25, 0.3) is 12.2 Å². The SMILES string of the molecule is C(C=Cc1ccc(N(c2ccccc2)c2ccc(C=NN(c3ccccc3)c3ccccc3)cc2)cc1)=Cc1ccccc1. The van der Waals surface area contributed by atoms with E-state index in [0.29, 0.717) is 0 Å². The summed E-state index contributed by atoms with van der Waals surface area (Å²) in [6.07, 6.45) is 10.3. The van der Waals surface area contributed by atoms with Crippen LogP contribution in [0.2, 0.25) is 0 Å². The Bertz CT molecular complexity index is 1770. The number of hydrogen-bond donors (Lipinski definition) is 0. The molecule has 0 unspecified atom stereocenters. The quantitative estimate of drug-likeness (QED) is 0.0931. The van der Waals surface area contributed by atoms with Crippen LogP contribution in [-0.2, 0) is 0 Å². The fourth-order valence-electron chi connectivity index (χ4n) is 4.91. The van der Waals surface area contributed by atoms with E-state index in [1.807, 2.05) is 71.9 Å². The van der Waals surface area contributed by atoms with Crippen molar-refractivity contribution >= 4 is 46.8 Å². The molecule has 0 heterocycles. The maximum atomic E-state index is 4.87. The van der Waals surface area contributed by atoms with Crippen molar-refractivity contribution < 1.29 is 0 Å². The Kier molecular flexibility index (Phi) is 9.17. The lowest BCUT2D eigenvalue weighted by molar-refractivity contribution is 1.09. The van der Waals surface area contributed by atoms with Gasteiger partial charge in [0.25, 0.3) is 0 Å². The molecule has 0 aromatic heterocycles. The molecule has 6 aromatic rings. The molecule has 0 spiro atoms. The van der Waals surface area contributed by atoms with Gasteiger partial charge in [0.2, 0.25) is 0 Å². The number of para-hydroxylation sites is 3. The third kappa shape index (κ3) is 7.28. The van der Waals surface area contributed by atoms with Gasteiger partial charge in [0.15, 0.2) is 0 Å². The van der Waals surface area contributed by atoms with Crippen molar-refractivity contribution in [2.75, 3.05) is 9.91 Å². The molecule has 0 aliphatic carbocycles. The molecule has 0 amide bonds. The summed E-state index contributed by atoms with van der Waals surface area (Å²) in [6, 6.07) is 58.3. The van der Waals surface area contributed by atoms with E-state index in [1.165, 1.54) is 5.56 Å². The normalized spacial score (nSPS) is 11.4. The molecule has 3 heteroatoms. The molecule has 0 atom stereocenters. The van der Waals surface area contributed by atoms with E-state index in [0.717, 1.165) is 39.6 Å². The van der Waals surface area contributed by atoms with Gasteiger partial charge in [-0.15, -0.1) is 0 Å². The molecule has 0 bridgehead atoms. The smallest absolute Gasteiger partial charge is 0.0652 e. The summed E-state index contributed by atoms with van der Waals surface area (Å²) >= 11 is 0. The summed E-state index contributed by atoms with van der Waals surface area (Å²) in [6.45, 7) is 0. The van der Waals surface area contributed by atoms with Crippen molar-refractivity contribution in [3.8, 4) is 0 Å². The van der Waals surface area contributed by atoms with Crippen LogP contribution in [0.1, 0.15) is 16.7 Å². The molecule has 0 fully saturated rings. The number of hydrazone groups is 1. The second-order valence-electron chi connectivity index (χ2n) is 10.2. The first kappa shape index (κ1) is 28.2. The maximum Gasteiger partial charge on any atom is 0.0652 e. The lowest BCUT2D eigenvalue weighted by Gasteiger charge is -2.25. The van der Waals surface area contributed by atoms with E-state index in [-0.39, 0.29) is 0 Å². The fourth-order valence-corrected chi connectivity index (χ4v) is 4.91. The van der Waals surface area contributed by atoms with Crippen LogP contribution in [0, 0.1) is 0 Å². The molecule has 0 saturated heterocycles. The molecule has 44 heavy (non-hydrogen) atoms. The number of allylic oxidation sites excluding steroid dienone is 2. The maximum absolute atomic E-state index is 4.87. The third-order valence-electron chi connectivity index (χ3n) is 7.13. The first-order valence-electron chi connectivity index (χ1n) is 14.7. The third-order valence-corrected chi connectivity index (χ3v) is 7.13. The molecule has 3 nitrogen and oxygen atoms in total. The highest BCUT2D eigenvalue weighted by molar-refractivity contribution is 5.84. The number of nitrogens with zero attached hydrogens (tertiary/aromatic N) is 3. The predicted molar refractivity (Wildman–Crippen MR) is 188 cm³/mol. The first-order chi connectivity index (χ1) is 21.8. The molecular formula is C41H33N3. The van der Waals surface area contributed by atoms with Crippen LogP contribution in [0.4, 0.5) is 28.4 Å². The fraction of sp³-hybridized carbons (Fsp3) is 0. The van der Waals surface area contributed by atoms with Gasteiger partial charge in [-0.2, -0.15) is 5.10 Å². The van der Waals surface area contributed by atoms with E-state index < -0.39 is 0 Å². The van der Waals surface area contributed by atoms with Crippen molar-refractivity contribution in [2.45, 2.75) is 0 Å². The Morgan fingerprint density at radius 1 is 0.341 bits per heavy atom. The van der Waals surface area contributed by atoms with Gasteiger partial charge in [0.05, 0.1) is 17.6 Å². The van der Waals surface area contributed by atoms with Crippen molar-refractivity contribution in [3.05, 3.63) is 199 Å². The lowest BCUT2D eigenvalue weighted by Crippen LogP contribution is -2.10. The summed E-state index contributed by atoms with van der Waals surface area (Å²) in [7, 11) is 0. The molecule has 0 aliphatic rings. The van der Waals surface area contributed by atoms with Crippen LogP contribution in [0.15, 0.2) is 187 Å². The van der Waals surface area contributed by atoms with Crippen LogP contribution in [-0.4, -0.2) is 6.21 Å². The zero-order valence-electron chi connectivity index (χ0n) is 24.4. The van der Waals surface area contributed by atoms with Crippen molar-refractivity contribution in [2.24, 2.45) is 5.10 Å². The minimum Gasteiger partial charge on any atom is -0.311 e. The van der Waals surface area contributed by atoms with Crippen molar-refractivity contribution in [3.63, 3.8) is 0 Å². The second-order valence-corrected chi connectivity index (χ2v) is 10.2. The molecule has 0 radical (unpaired) electrons. The van der Waals surface area contributed by atoms with Crippen molar-refractivity contribution in [1.29, 1.82) is 0 Å². The predicted octanol–water partition coefficient (Wildman–Crippen LogP) is 11.1. The first-order valence-corrected chi connectivity index (χ1v) is 14.7. The number of rotatable bonds is 10. The van der Waals surface area contributed by atoms with E-state index in [2.05, 4.69) is 138 Å². The van der Waals surface area contributed by atoms with Gasteiger partial charge < -0.3 is 4.90 Å². The van der Waals surface area contributed by atoms with Gasteiger partial charge in [-0.25, -0.2) is 5.01 Å². The average Bonchev–Trinajstić information content (AvgIpc) is 3.10. The summed E-state index contributed by atoms with van der Waals surface area (Å²) in [5.41, 5.74) is 8.63. The standard InChI is InChI=1S/C41H33N3/c1-5-15-34(16-6-1)17-13-14-18-35-25-29-38(30-26-35)43(37-19-7-2-8-20-37)39-31-27-36(28-32-39)33-42-44(40-21-9-3-10-22-40)41-23-11-4-12-24-41/h1-33H. The highest BCUT2D eigenvalue weighted by atomic mass is 15.5. The summed E-state index contributed by atoms with van der Waals surface area (Å²) in [5.74, 6) is 0. The minimum absolute atomic E-state index is 1.01. The Morgan fingerprint density at radius 2 is 0.705 bits per heavy atom. The van der Waals surface area contributed by atoms with Gasteiger partial charge in [0, 0.05) is 17.1 Å². The van der Waals surface area contributed by atoms with Gasteiger partial charge >= 0.3 is 0 Å². The molecule has 0 aliphatic heterocycles. The van der Waals surface area contributed by atoms with E-state index in [4.69, 9.17) is 5.10 Å². The molecule has 0 N–H and O–H groups in total. The zero-order valence-corrected chi connectivity index (χ0v) is 24.4. The van der Waals surface area contributed by atoms with E-state index in [9.17, 15) is 0 Å². The van der Waals surface area contributed by atoms with E-state index in [1.54, 1.807) is 0 Å². The average molecular weight is 568 g/mol. The van der Waals surface area contributed by atoms with E-state index >= 15 is 0 Å². The van der Waals surface area contributed by atoms with Crippen LogP contribution < -0.4 is 9.91 Å². The Labute approximate surface area is 260 Å². The minimum atomic E-state index is 1.01. The highest BCUT2D eigenvalue weighted by Gasteiger charge is 2.12. The Morgan fingerprint density at radius 3 is 1.18 bits per heavy atom. The number of hydrogen-bond acceptors (Lipinski definition) is 3. The number of anilines is 5. The van der Waals surface area contributed by atoms with Crippen molar-refractivity contribution in [1.82, 2.24) is 0 Å². The van der Waals surface area contributed by atoms with Crippen LogP contribution in [0.5, 0.6) is 0 Å². The summed E-state index contributed by atoms with van der Waals surface area (Å²) in [5, 5.41) is 6.82. The zero-order chi connectivity index (χ0) is 29.8. The second kappa shape index (κ2) is 14.3. The monoisotopic (exact) mass is 567 g/mol. The Hall–Kier alpha value is -5.93. The molecule has 6 aromatic carbocycles. The lowest BCUT2D eigenvalue weighted by atomic mass is 10.1. The topological polar surface area (TPSA) is 18.8 Å². The van der Waals surface area contributed by atoms with Gasteiger partial charge in [-0.05, 0) is 77.4 Å². The van der Waals surface area contributed by atoms with Gasteiger partial charge in [0.1, 0.15) is 0 Å².